The number of benzene rings is 2. The molecule has 9 heteroatoms. The summed E-state index contributed by atoms with van der Waals surface area (Å²) >= 11 is 7.72. The molecule has 3 N–H and O–H groups in total. The predicted octanol–water partition coefficient (Wildman–Crippen LogP) is 6.29. The van der Waals surface area contributed by atoms with Crippen molar-refractivity contribution in [3.05, 3.63) is 64.3 Å². The van der Waals surface area contributed by atoms with Gasteiger partial charge in [-0.05, 0) is 60.1 Å². The number of nitrogens with one attached hydrogen (secondary N) is 2. The van der Waals surface area contributed by atoms with Gasteiger partial charge in [0.05, 0.1) is 9.90 Å². The lowest BCUT2D eigenvalue weighted by Gasteiger charge is -2.26. The molecule has 0 aliphatic carbocycles. The Balaban J connectivity index is 1.72. The summed E-state index contributed by atoms with van der Waals surface area (Å²) in [5, 5.41) is 16.8. The maximum absolute atomic E-state index is 13.0. The second-order valence-corrected chi connectivity index (χ2v) is 11.9. The normalized spacial score (nSPS) is 13.1. The van der Waals surface area contributed by atoms with Gasteiger partial charge in [0.2, 0.25) is 11.8 Å². The van der Waals surface area contributed by atoms with E-state index in [1.165, 1.54) is 11.3 Å². The molecule has 204 valence electrons. The summed E-state index contributed by atoms with van der Waals surface area (Å²) < 4.78 is 6.05. The zero-order valence-electron chi connectivity index (χ0n) is 22.7. The number of thiazole rings is 1. The Kier molecular flexibility index (Phi) is 9.93. The number of halogens is 1. The first-order chi connectivity index (χ1) is 17.9. The zero-order chi connectivity index (χ0) is 28.0. The van der Waals surface area contributed by atoms with Crippen LogP contribution in [0.4, 0.5) is 5.13 Å². The molecule has 3 aromatic rings. The van der Waals surface area contributed by atoms with Gasteiger partial charge in [0.25, 0.3) is 0 Å². The number of ether oxygens (including phenoxy) is 1. The quantitative estimate of drug-likeness (QED) is 0.272. The highest BCUT2D eigenvalue weighted by atomic mass is 35.5. The third kappa shape index (κ3) is 7.56. The van der Waals surface area contributed by atoms with Gasteiger partial charge in [0, 0.05) is 6.20 Å². The van der Waals surface area contributed by atoms with Crippen LogP contribution in [0.2, 0.25) is 5.02 Å². The third-order valence-corrected chi connectivity index (χ3v) is 7.47. The number of aromatic nitrogens is 1. The Morgan fingerprint density at radius 3 is 2.50 bits per heavy atom. The van der Waals surface area contributed by atoms with Gasteiger partial charge in [0.15, 0.2) is 5.13 Å². The number of aliphatic hydroxyl groups is 1. The molecule has 0 radical (unpaired) electrons. The van der Waals surface area contributed by atoms with Gasteiger partial charge in [-0.1, -0.05) is 81.3 Å². The van der Waals surface area contributed by atoms with Crippen LogP contribution in [0.3, 0.4) is 0 Å². The molecule has 2 amide bonds. The molecule has 0 aliphatic rings. The first-order valence-corrected chi connectivity index (χ1v) is 13.8. The molecule has 0 saturated carbocycles. The molecule has 38 heavy (non-hydrogen) atoms. The van der Waals surface area contributed by atoms with Crippen LogP contribution >= 0.6 is 22.9 Å². The molecule has 0 aliphatic heterocycles. The lowest BCUT2D eigenvalue weighted by Crippen LogP contribution is -2.50. The van der Waals surface area contributed by atoms with Crippen molar-refractivity contribution in [2.45, 2.75) is 73.1 Å². The van der Waals surface area contributed by atoms with Crippen LogP contribution in [0.5, 0.6) is 5.75 Å². The van der Waals surface area contributed by atoms with Gasteiger partial charge < -0.3 is 20.5 Å². The van der Waals surface area contributed by atoms with Crippen LogP contribution in [0, 0.1) is 19.3 Å². The Morgan fingerprint density at radius 2 is 1.82 bits per heavy atom. The van der Waals surface area contributed by atoms with Crippen molar-refractivity contribution in [1.82, 2.24) is 10.3 Å². The molecule has 1 heterocycles. The lowest BCUT2D eigenvalue weighted by atomic mass is 9.88. The second kappa shape index (κ2) is 12.7. The molecule has 2 aromatic carbocycles. The number of carbonyl (C=O) groups is 2. The summed E-state index contributed by atoms with van der Waals surface area (Å²) in [5.74, 6) is -0.311. The molecule has 0 unspecified atom stereocenters. The molecular weight excluding hydrogens is 522 g/mol. The monoisotopic (exact) mass is 557 g/mol. The number of rotatable bonds is 10. The molecule has 3 rings (SSSR count). The van der Waals surface area contributed by atoms with Crippen molar-refractivity contribution in [3.8, 4) is 16.2 Å². The molecule has 0 bridgehead atoms. The topological polar surface area (TPSA) is 101 Å². The SMILES string of the molecule is CCC[C@H](NC(=O)[C@@H](O)C(C)(C)C)C(=O)Nc1ncc(-c2ccccc2COc2cc(C)c(C)cc2Cl)s1. The average Bonchev–Trinajstić information content (AvgIpc) is 3.32. The number of anilines is 1. The van der Waals surface area contributed by atoms with E-state index in [1.807, 2.05) is 57.2 Å². The average molecular weight is 558 g/mol. The minimum atomic E-state index is -1.22. The van der Waals surface area contributed by atoms with Crippen molar-refractivity contribution >= 4 is 39.9 Å². The fourth-order valence-electron chi connectivity index (χ4n) is 3.76. The largest absolute Gasteiger partial charge is 0.487 e. The molecule has 7 nitrogen and oxygen atoms in total. The number of carbonyl (C=O) groups excluding carboxylic acids is 2. The third-order valence-electron chi connectivity index (χ3n) is 6.23. The van der Waals surface area contributed by atoms with Crippen LogP contribution in [0.15, 0.2) is 42.6 Å². The van der Waals surface area contributed by atoms with Gasteiger partial charge in [-0.3, -0.25) is 9.59 Å². The summed E-state index contributed by atoms with van der Waals surface area (Å²) in [7, 11) is 0. The van der Waals surface area contributed by atoms with E-state index in [2.05, 4.69) is 15.6 Å². The molecule has 0 spiro atoms. The van der Waals surface area contributed by atoms with Crippen LogP contribution in [0.25, 0.3) is 10.4 Å². The van der Waals surface area contributed by atoms with E-state index in [0.29, 0.717) is 35.4 Å². The van der Waals surface area contributed by atoms with Gasteiger partial charge in [0.1, 0.15) is 24.5 Å². The summed E-state index contributed by atoms with van der Waals surface area (Å²) in [6.07, 6.45) is 1.61. The molecular formula is C29H36ClN3O4S. The number of amides is 2. The van der Waals surface area contributed by atoms with Gasteiger partial charge in [-0.15, -0.1) is 0 Å². The van der Waals surface area contributed by atoms with E-state index < -0.39 is 23.5 Å². The predicted molar refractivity (Wildman–Crippen MR) is 154 cm³/mol. The summed E-state index contributed by atoms with van der Waals surface area (Å²) in [6, 6.07) is 10.9. The fraction of sp³-hybridized carbons (Fsp3) is 0.414. The van der Waals surface area contributed by atoms with Crippen LogP contribution in [-0.4, -0.2) is 34.1 Å². The zero-order valence-corrected chi connectivity index (χ0v) is 24.3. The molecule has 0 fully saturated rings. The summed E-state index contributed by atoms with van der Waals surface area (Å²) in [6.45, 7) is 11.6. The van der Waals surface area contributed by atoms with E-state index in [1.54, 1.807) is 27.0 Å². The first-order valence-electron chi connectivity index (χ1n) is 12.6. The number of aliphatic hydroxyl groups excluding tert-OH is 1. The second-order valence-electron chi connectivity index (χ2n) is 10.5. The van der Waals surface area contributed by atoms with Crippen molar-refractivity contribution < 1.29 is 19.4 Å². The highest BCUT2D eigenvalue weighted by Crippen LogP contribution is 2.33. The van der Waals surface area contributed by atoms with Crippen LogP contribution in [0.1, 0.15) is 57.2 Å². The highest BCUT2D eigenvalue weighted by molar-refractivity contribution is 7.19. The molecule has 0 saturated heterocycles. The summed E-state index contributed by atoms with van der Waals surface area (Å²) in [5.41, 5.74) is 3.47. The number of aryl methyl sites for hydroxylation is 2. The smallest absolute Gasteiger partial charge is 0.250 e. The van der Waals surface area contributed by atoms with Crippen molar-refractivity contribution in [3.63, 3.8) is 0 Å². The Hall–Kier alpha value is -2.94. The van der Waals surface area contributed by atoms with E-state index >= 15 is 0 Å². The lowest BCUT2D eigenvalue weighted by molar-refractivity contribution is -0.137. The first kappa shape index (κ1) is 29.6. The Morgan fingerprint density at radius 1 is 1.13 bits per heavy atom. The minimum Gasteiger partial charge on any atom is -0.487 e. The van der Waals surface area contributed by atoms with Gasteiger partial charge >= 0.3 is 0 Å². The van der Waals surface area contributed by atoms with Gasteiger partial charge in [-0.2, -0.15) is 0 Å². The minimum absolute atomic E-state index is 0.318. The number of hydrogen-bond acceptors (Lipinski definition) is 6. The van der Waals surface area contributed by atoms with Crippen LogP contribution in [-0.2, 0) is 16.2 Å². The number of hydrogen-bond donors (Lipinski definition) is 3. The molecule has 1 aromatic heterocycles. The van der Waals surface area contributed by atoms with Crippen molar-refractivity contribution in [2.75, 3.05) is 5.32 Å². The number of nitrogens with zero attached hydrogens (tertiary/aromatic N) is 1. The van der Waals surface area contributed by atoms with Crippen LogP contribution < -0.4 is 15.4 Å². The Bertz CT molecular complexity index is 1290. The standard InChI is InChI=1S/C29H36ClN3O4S/c1-7-10-22(32-27(36)25(34)29(4,5)6)26(35)33-28-31-15-24(38-28)20-12-9-8-11-19(20)16-37-23-14-18(3)17(2)13-21(23)30/h8-9,11-15,22,25,34H,7,10,16H2,1-6H3,(H,32,36)(H,31,33,35)/t22-,25+/m0/s1. The van der Waals surface area contributed by atoms with Gasteiger partial charge in [-0.25, -0.2) is 4.98 Å². The molecule has 2 atom stereocenters. The fourth-order valence-corrected chi connectivity index (χ4v) is 4.91. The van der Waals surface area contributed by atoms with E-state index in [0.717, 1.165) is 27.1 Å². The van der Waals surface area contributed by atoms with Crippen molar-refractivity contribution in [2.24, 2.45) is 5.41 Å². The Labute approximate surface area is 233 Å². The van der Waals surface area contributed by atoms with Crippen molar-refractivity contribution in [1.29, 1.82) is 0 Å². The van der Waals surface area contributed by atoms with E-state index in [4.69, 9.17) is 16.3 Å². The maximum Gasteiger partial charge on any atom is 0.250 e. The maximum atomic E-state index is 13.0. The van der Waals surface area contributed by atoms with E-state index in [-0.39, 0.29) is 5.91 Å². The van der Waals surface area contributed by atoms with E-state index in [9.17, 15) is 14.7 Å². The highest BCUT2D eigenvalue weighted by Gasteiger charge is 2.32. The summed E-state index contributed by atoms with van der Waals surface area (Å²) in [4.78, 5) is 30.7.